The molecule has 0 bridgehead atoms. The van der Waals surface area contributed by atoms with Gasteiger partial charge in [0.2, 0.25) is 0 Å². The van der Waals surface area contributed by atoms with Crippen LogP contribution >= 0.6 is 0 Å². The number of epoxide rings is 2. The molecular weight excluding hydrogens is 232 g/mol. The third-order valence-corrected chi connectivity index (χ3v) is 3.80. The zero-order chi connectivity index (χ0) is 13.0. The van der Waals surface area contributed by atoms with Crippen LogP contribution in [0, 0.1) is 0 Å². The third kappa shape index (κ3) is 5.22. The minimum Gasteiger partial charge on any atom is -0.378 e. The van der Waals surface area contributed by atoms with Crippen LogP contribution in [0.15, 0.2) is 0 Å². The molecule has 0 aromatic heterocycles. The van der Waals surface area contributed by atoms with E-state index in [0.29, 0.717) is 12.2 Å². The molecule has 2 rings (SSSR count). The molecule has 0 saturated carbocycles. The largest absolute Gasteiger partial charge is 0.378 e. The second-order valence-corrected chi connectivity index (χ2v) is 5.69. The van der Waals surface area contributed by atoms with Crippen molar-refractivity contribution in [2.24, 2.45) is 0 Å². The molecule has 0 N–H and O–H groups in total. The highest BCUT2D eigenvalue weighted by molar-refractivity contribution is 4.77. The van der Waals surface area contributed by atoms with Gasteiger partial charge in [-0.25, -0.2) is 0 Å². The minimum absolute atomic E-state index is 0.0816. The zero-order valence-electron chi connectivity index (χ0n) is 11.8. The van der Waals surface area contributed by atoms with E-state index >= 15 is 0 Å². The normalized spacial score (nSPS) is 30.8. The highest BCUT2D eigenvalue weighted by Crippen LogP contribution is 2.23. The Morgan fingerprint density at radius 3 is 2.50 bits per heavy atom. The summed E-state index contributed by atoms with van der Waals surface area (Å²) in [7, 11) is 0. The van der Waals surface area contributed by atoms with Crippen molar-refractivity contribution >= 4 is 0 Å². The number of hydrogen-bond acceptors (Lipinski definition) is 4. The van der Waals surface area contributed by atoms with Crippen molar-refractivity contribution in [3.63, 3.8) is 0 Å². The predicted molar refractivity (Wildman–Crippen MR) is 68.8 cm³/mol. The van der Waals surface area contributed by atoms with Gasteiger partial charge >= 0.3 is 0 Å². The molecule has 2 fully saturated rings. The highest BCUT2D eigenvalue weighted by Gasteiger charge is 2.30. The first-order chi connectivity index (χ1) is 8.61. The topological polar surface area (TPSA) is 43.5 Å². The molecule has 4 nitrogen and oxygen atoms in total. The Balaban J connectivity index is 1.58. The fourth-order valence-electron chi connectivity index (χ4n) is 1.93. The van der Waals surface area contributed by atoms with E-state index in [-0.39, 0.29) is 11.7 Å². The van der Waals surface area contributed by atoms with E-state index in [1.807, 2.05) is 0 Å². The summed E-state index contributed by atoms with van der Waals surface area (Å²) in [5.41, 5.74) is -0.0816. The molecule has 0 amide bonds. The first-order valence-corrected chi connectivity index (χ1v) is 7.10. The Morgan fingerprint density at radius 1 is 1.28 bits per heavy atom. The van der Waals surface area contributed by atoms with E-state index in [2.05, 4.69) is 20.8 Å². The first-order valence-electron chi connectivity index (χ1n) is 7.10. The van der Waals surface area contributed by atoms with Crippen LogP contribution in [-0.2, 0) is 18.9 Å². The van der Waals surface area contributed by atoms with Crippen LogP contribution in [0.3, 0.4) is 0 Å². The molecule has 2 aliphatic rings. The maximum atomic E-state index is 5.95. The molecule has 0 radical (unpaired) electrons. The van der Waals surface area contributed by atoms with Gasteiger partial charge in [-0.3, -0.25) is 0 Å². The molecule has 4 atom stereocenters. The van der Waals surface area contributed by atoms with E-state index in [4.69, 9.17) is 18.9 Å². The Morgan fingerprint density at radius 2 is 1.94 bits per heavy atom. The van der Waals surface area contributed by atoms with Crippen molar-refractivity contribution in [1.29, 1.82) is 0 Å². The van der Waals surface area contributed by atoms with Gasteiger partial charge < -0.3 is 18.9 Å². The second-order valence-electron chi connectivity index (χ2n) is 5.69. The monoisotopic (exact) mass is 258 g/mol. The molecule has 106 valence electrons. The summed E-state index contributed by atoms with van der Waals surface area (Å²) in [6, 6.07) is 0. The molecule has 18 heavy (non-hydrogen) atoms. The Kier molecular flexibility index (Phi) is 5.01. The first kappa shape index (κ1) is 14.3. The molecule has 2 aliphatic heterocycles. The maximum absolute atomic E-state index is 5.95. The van der Waals surface area contributed by atoms with Crippen molar-refractivity contribution in [3.05, 3.63) is 0 Å². The summed E-state index contributed by atoms with van der Waals surface area (Å²) >= 11 is 0. The van der Waals surface area contributed by atoms with Gasteiger partial charge in [0, 0.05) is 13.0 Å². The number of hydrogen-bond donors (Lipinski definition) is 0. The van der Waals surface area contributed by atoms with Crippen LogP contribution in [0.2, 0.25) is 0 Å². The maximum Gasteiger partial charge on any atom is 0.104 e. The molecule has 2 heterocycles. The van der Waals surface area contributed by atoms with Crippen LogP contribution in [0.4, 0.5) is 0 Å². The molecule has 0 spiro atoms. The van der Waals surface area contributed by atoms with Gasteiger partial charge in [-0.2, -0.15) is 0 Å². The van der Waals surface area contributed by atoms with E-state index in [9.17, 15) is 0 Å². The Hall–Kier alpha value is -0.160. The van der Waals surface area contributed by atoms with Gasteiger partial charge in [0.25, 0.3) is 0 Å². The number of rotatable bonds is 10. The van der Waals surface area contributed by atoms with Crippen molar-refractivity contribution in [2.45, 2.75) is 63.9 Å². The molecule has 0 aromatic rings. The van der Waals surface area contributed by atoms with Crippen LogP contribution in [0.5, 0.6) is 0 Å². The quantitative estimate of drug-likeness (QED) is 0.563. The predicted octanol–water partition coefficient (Wildman–Crippen LogP) is 2.15. The highest BCUT2D eigenvalue weighted by atomic mass is 16.6. The van der Waals surface area contributed by atoms with E-state index < -0.39 is 0 Å². The van der Waals surface area contributed by atoms with Crippen molar-refractivity contribution in [2.75, 3.05) is 26.4 Å². The van der Waals surface area contributed by atoms with Crippen molar-refractivity contribution in [1.82, 2.24) is 0 Å². The third-order valence-electron chi connectivity index (χ3n) is 3.80. The lowest BCUT2D eigenvalue weighted by molar-refractivity contribution is -0.0681. The summed E-state index contributed by atoms with van der Waals surface area (Å²) in [5.74, 6) is 0. The second kappa shape index (κ2) is 6.33. The van der Waals surface area contributed by atoms with Crippen LogP contribution in [-0.4, -0.2) is 50.3 Å². The summed E-state index contributed by atoms with van der Waals surface area (Å²) < 4.78 is 22.1. The van der Waals surface area contributed by atoms with Crippen LogP contribution in [0.1, 0.15) is 40.0 Å². The van der Waals surface area contributed by atoms with Crippen molar-refractivity contribution < 1.29 is 18.9 Å². The lowest BCUT2D eigenvalue weighted by Gasteiger charge is -2.29. The smallest absolute Gasteiger partial charge is 0.104 e. The van der Waals surface area contributed by atoms with Gasteiger partial charge in [-0.05, 0) is 26.7 Å². The number of ether oxygens (including phenoxy) is 4. The SMILES string of the molecule is CCC(C)(CCOC(C)CC1CO1)OCC1CO1. The van der Waals surface area contributed by atoms with Gasteiger partial charge in [-0.15, -0.1) is 0 Å². The lowest BCUT2D eigenvalue weighted by atomic mass is 9.99. The molecule has 4 unspecified atom stereocenters. The van der Waals surface area contributed by atoms with Gasteiger partial charge in [0.1, 0.15) is 6.10 Å². The standard InChI is InChI=1S/C14H26O4/c1-4-14(3,18-10-13-9-17-13)5-6-15-11(2)7-12-8-16-12/h11-13H,4-10H2,1-3H3. The van der Waals surface area contributed by atoms with E-state index in [0.717, 1.165) is 45.7 Å². The molecule has 2 saturated heterocycles. The Bertz CT molecular complexity index is 250. The van der Waals surface area contributed by atoms with Gasteiger partial charge in [-0.1, -0.05) is 6.92 Å². The van der Waals surface area contributed by atoms with Gasteiger partial charge in [0.05, 0.1) is 37.6 Å². The average molecular weight is 258 g/mol. The summed E-state index contributed by atoms with van der Waals surface area (Å²) in [5, 5.41) is 0. The van der Waals surface area contributed by atoms with E-state index in [1.54, 1.807) is 0 Å². The fourth-order valence-corrected chi connectivity index (χ4v) is 1.93. The Labute approximate surface area is 110 Å². The average Bonchev–Trinajstić information content (AvgIpc) is 3.21. The van der Waals surface area contributed by atoms with E-state index in [1.165, 1.54) is 0 Å². The van der Waals surface area contributed by atoms with Crippen LogP contribution < -0.4 is 0 Å². The molecule has 0 aromatic carbocycles. The van der Waals surface area contributed by atoms with Gasteiger partial charge in [0.15, 0.2) is 0 Å². The van der Waals surface area contributed by atoms with Crippen LogP contribution in [0.25, 0.3) is 0 Å². The lowest BCUT2D eigenvalue weighted by Crippen LogP contribution is -2.32. The summed E-state index contributed by atoms with van der Waals surface area (Å²) in [6.45, 7) is 9.67. The summed E-state index contributed by atoms with van der Waals surface area (Å²) in [4.78, 5) is 0. The summed E-state index contributed by atoms with van der Waals surface area (Å²) in [6.07, 6.45) is 4.02. The fraction of sp³-hybridized carbons (Fsp3) is 1.00. The minimum atomic E-state index is -0.0816. The molecular formula is C14H26O4. The molecule has 0 aliphatic carbocycles. The zero-order valence-corrected chi connectivity index (χ0v) is 11.8. The molecule has 4 heteroatoms. The van der Waals surface area contributed by atoms with Crippen molar-refractivity contribution in [3.8, 4) is 0 Å².